The van der Waals surface area contributed by atoms with Gasteiger partial charge in [-0.15, -0.1) is 0 Å². The van der Waals surface area contributed by atoms with Gasteiger partial charge in [-0.05, 0) is 95.4 Å². The van der Waals surface area contributed by atoms with Gasteiger partial charge in [0.25, 0.3) is 0 Å². The summed E-state index contributed by atoms with van der Waals surface area (Å²) in [4.78, 5) is 11.4. The molecule has 2 rings (SSSR count). The highest BCUT2D eigenvalue weighted by molar-refractivity contribution is 9.10. The van der Waals surface area contributed by atoms with Crippen LogP contribution in [0.1, 0.15) is 67.0 Å². The van der Waals surface area contributed by atoms with E-state index in [1.165, 1.54) is 12.2 Å². The standard InChI is InChI=1S/C25H34BrO6P/c1-15(2)21-10-19(12-23(26)24(21)27)11-22-17(5)8-20(9-18(22)6)13-33(7,29)31-14-30-25(28)32-16(3)4/h8-10,12,15-16,27H,11,13-14H2,1-7H3. The second-order valence-electron chi connectivity index (χ2n) is 9.04. The Labute approximate surface area is 205 Å². The first kappa shape index (κ1) is 27.4. The van der Waals surface area contributed by atoms with Crippen LogP contribution in [0.3, 0.4) is 0 Å². The van der Waals surface area contributed by atoms with Crippen LogP contribution < -0.4 is 0 Å². The highest BCUT2D eigenvalue weighted by atomic mass is 79.9. The fourth-order valence-electron chi connectivity index (χ4n) is 3.67. The molecule has 0 aromatic heterocycles. The van der Waals surface area contributed by atoms with Crippen LogP contribution in [0.4, 0.5) is 4.79 Å². The summed E-state index contributed by atoms with van der Waals surface area (Å²) >= 11 is 3.47. The number of hydrogen-bond donors (Lipinski definition) is 1. The lowest BCUT2D eigenvalue weighted by Gasteiger charge is -2.18. The van der Waals surface area contributed by atoms with E-state index in [1.54, 1.807) is 13.8 Å². The third-order valence-electron chi connectivity index (χ3n) is 5.22. The monoisotopic (exact) mass is 540 g/mol. The molecule has 0 spiro atoms. The van der Waals surface area contributed by atoms with Crippen LogP contribution in [0.5, 0.6) is 5.75 Å². The molecular formula is C25H34BrO6P. The van der Waals surface area contributed by atoms with Crippen LogP contribution in [0.15, 0.2) is 28.7 Å². The molecular weight excluding hydrogens is 507 g/mol. The van der Waals surface area contributed by atoms with Gasteiger partial charge in [-0.25, -0.2) is 4.79 Å². The van der Waals surface area contributed by atoms with Crippen molar-refractivity contribution >= 4 is 29.5 Å². The smallest absolute Gasteiger partial charge is 0.506 e. The minimum Gasteiger partial charge on any atom is -0.506 e. The molecule has 0 amide bonds. The van der Waals surface area contributed by atoms with Gasteiger partial charge in [0.05, 0.1) is 10.6 Å². The van der Waals surface area contributed by atoms with Gasteiger partial charge in [-0.3, -0.25) is 9.09 Å². The van der Waals surface area contributed by atoms with E-state index in [2.05, 4.69) is 35.8 Å². The molecule has 0 fully saturated rings. The van der Waals surface area contributed by atoms with Crippen molar-refractivity contribution in [2.45, 2.75) is 66.1 Å². The topological polar surface area (TPSA) is 82.1 Å². The largest absolute Gasteiger partial charge is 0.510 e. The third-order valence-corrected chi connectivity index (χ3v) is 7.41. The second kappa shape index (κ2) is 11.5. The molecule has 0 aliphatic heterocycles. The van der Waals surface area contributed by atoms with Crippen molar-refractivity contribution in [2.75, 3.05) is 13.5 Å². The average Bonchev–Trinajstić information content (AvgIpc) is 2.65. The zero-order chi connectivity index (χ0) is 24.9. The molecule has 8 heteroatoms. The van der Waals surface area contributed by atoms with Gasteiger partial charge >= 0.3 is 6.16 Å². The normalized spacial score (nSPS) is 13.3. The summed E-state index contributed by atoms with van der Waals surface area (Å²) in [6.45, 7) is 12.7. The number of phenols is 1. The van der Waals surface area contributed by atoms with E-state index in [0.717, 1.165) is 34.2 Å². The Morgan fingerprint density at radius 1 is 1.06 bits per heavy atom. The minimum absolute atomic E-state index is 0.209. The quantitative estimate of drug-likeness (QED) is 0.202. The number of halogens is 1. The van der Waals surface area contributed by atoms with Crippen LogP contribution in [0.25, 0.3) is 0 Å². The lowest BCUT2D eigenvalue weighted by atomic mass is 9.92. The molecule has 1 N–H and O–H groups in total. The van der Waals surface area contributed by atoms with Gasteiger partial charge in [0.1, 0.15) is 5.75 Å². The maximum absolute atomic E-state index is 12.9. The number of aromatic hydroxyl groups is 1. The predicted octanol–water partition coefficient (Wildman–Crippen LogP) is 7.43. The Kier molecular flexibility index (Phi) is 9.59. The number of hydrogen-bond acceptors (Lipinski definition) is 6. The van der Waals surface area contributed by atoms with E-state index in [4.69, 9.17) is 14.0 Å². The van der Waals surface area contributed by atoms with E-state index in [-0.39, 0.29) is 23.9 Å². The fraction of sp³-hybridized carbons (Fsp3) is 0.480. The SMILES string of the molecule is Cc1cc(CP(C)(=O)OCOC(=O)OC(C)C)cc(C)c1Cc1cc(Br)c(O)c(C(C)C)c1. The lowest BCUT2D eigenvalue weighted by Crippen LogP contribution is -2.14. The molecule has 0 heterocycles. The van der Waals surface area contributed by atoms with Gasteiger partial charge in [-0.1, -0.05) is 32.0 Å². The molecule has 33 heavy (non-hydrogen) atoms. The lowest BCUT2D eigenvalue weighted by molar-refractivity contribution is -0.00696. The zero-order valence-corrected chi connectivity index (χ0v) is 22.9. The molecule has 0 radical (unpaired) electrons. The Balaban J connectivity index is 2.12. The third kappa shape index (κ3) is 8.16. The highest BCUT2D eigenvalue weighted by Crippen LogP contribution is 2.46. The number of carbonyl (C=O) groups is 1. The van der Waals surface area contributed by atoms with Crippen molar-refractivity contribution in [1.82, 2.24) is 0 Å². The molecule has 0 saturated carbocycles. The number of rotatable bonds is 9. The van der Waals surface area contributed by atoms with Crippen LogP contribution in [0, 0.1) is 13.8 Å². The zero-order valence-electron chi connectivity index (χ0n) is 20.4. The molecule has 0 aliphatic rings. The van der Waals surface area contributed by atoms with Crippen molar-refractivity contribution in [3.63, 3.8) is 0 Å². The van der Waals surface area contributed by atoms with Gasteiger partial charge in [0, 0.05) is 12.8 Å². The van der Waals surface area contributed by atoms with Crippen molar-refractivity contribution < 1.29 is 28.5 Å². The van der Waals surface area contributed by atoms with E-state index in [1.807, 2.05) is 32.0 Å². The van der Waals surface area contributed by atoms with E-state index in [9.17, 15) is 14.5 Å². The highest BCUT2D eigenvalue weighted by Gasteiger charge is 2.20. The van der Waals surface area contributed by atoms with E-state index >= 15 is 0 Å². The van der Waals surface area contributed by atoms with Crippen molar-refractivity contribution in [3.8, 4) is 5.75 Å². The van der Waals surface area contributed by atoms with Crippen molar-refractivity contribution in [2.24, 2.45) is 0 Å². The molecule has 0 bridgehead atoms. The average molecular weight is 541 g/mol. The fourth-order valence-corrected chi connectivity index (χ4v) is 5.40. The molecule has 0 saturated heterocycles. The molecule has 0 aliphatic carbocycles. The van der Waals surface area contributed by atoms with Crippen molar-refractivity contribution in [1.29, 1.82) is 0 Å². The Hall–Kier alpha value is -1.82. The molecule has 182 valence electrons. The van der Waals surface area contributed by atoms with Gasteiger partial charge < -0.3 is 14.6 Å². The van der Waals surface area contributed by atoms with Crippen LogP contribution in [0.2, 0.25) is 0 Å². The van der Waals surface area contributed by atoms with Crippen LogP contribution in [-0.4, -0.2) is 30.8 Å². The minimum atomic E-state index is -3.02. The molecule has 2 aromatic carbocycles. The Morgan fingerprint density at radius 2 is 1.67 bits per heavy atom. The summed E-state index contributed by atoms with van der Waals surface area (Å²) in [5, 5.41) is 10.3. The summed E-state index contributed by atoms with van der Waals surface area (Å²) < 4.78 is 28.6. The summed E-state index contributed by atoms with van der Waals surface area (Å²) in [5.41, 5.74) is 6.30. The maximum Gasteiger partial charge on any atom is 0.510 e. The second-order valence-corrected chi connectivity index (χ2v) is 12.5. The summed E-state index contributed by atoms with van der Waals surface area (Å²) in [6, 6.07) is 8.05. The summed E-state index contributed by atoms with van der Waals surface area (Å²) in [6.07, 6.45) is -0.180. The van der Waals surface area contributed by atoms with Gasteiger partial charge in [0.15, 0.2) is 0 Å². The summed E-state index contributed by atoms with van der Waals surface area (Å²) in [5.74, 6) is 0.499. The number of phenolic OH excluding ortho intramolecular Hbond substituents is 1. The summed E-state index contributed by atoms with van der Waals surface area (Å²) in [7, 11) is -3.02. The van der Waals surface area contributed by atoms with E-state index < -0.39 is 20.3 Å². The van der Waals surface area contributed by atoms with Crippen LogP contribution >= 0.6 is 23.3 Å². The van der Waals surface area contributed by atoms with Crippen LogP contribution in [-0.2, 0) is 31.1 Å². The molecule has 1 unspecified atom stereocenters. The van der Waals surface area contributed by atoms with Gasteiger partial charge in [0.2, 0.25) is 14.2 Å². The van der Waals surface area contributed by atoms with Crippen molar-refractivity contribution in [3.05, 3.63) is 62.1 Å². The number of aryl methyl sites for hydroxylation is 2. The first-order valence-corrected chi connectivity index (χ1v) is 14.0. The number of benzene rings is 2. The molecule has 6 nitrogen and oxygen atoms in total. The Morgan fingerprint density at radius 3 is 2.21 bits per heavy atom. The first-order valence-electron chi connectivity index (χ1n) is 10.9. The van der Waals surface area contributed by atoms with Gasteiger partial charge in [-0.2, -0.15) is 0 Å². The molecule has 2 aromatic rings. The predicted molar refractivity (Wildman–Crippen MR) is 135 cm³/mol. The first-order chi connectivity index (χ1) is 15.3. The Bertz CT molecular complexity index is 1020. The number of carbonyl (C=O) groups excluding carboxylic acids is 1. The molecule has 1 atom stereocenters. The van der Waals surface area contributed by atoms with E-state index in [0.29, 0.717) is 4.47 Å². The maximum atomic E-state index is 12.9. The number of ether oxygens (including phenoxy) is 2.